The van der Waals surface area contributed by atoms with Crippen molar-refractivity contribution < 1.29 is 4.74 Å². The van der Waals surface area contributed by atoms with Gasteiger partial charge in [-0.2, -0.15) is 4.98 Å². The lowest BCUT2D eigenvalue weighted by atomic mass is 10.1. The number of anilines is 1. The highest BCUT2D eigenvalue weighted by atomic mass is 32.1. The molecule has 0 aliphatic heterocycles. The number of aromatic nitrogens is 2. The van der Waals surface area contributed by atoms with Crippen molar-refractivity contribution in [3.63, 3.8) is 0 Å². The summed E-state index contributed by atoms with van der Waals surface area (Å²) in [4.78, 5) is 11.2. The van der Waals surface area contributed by atoms with E-state index in [0.717, 1.165) is 5.82 Å². The van der Waals surface area contributed by atoms with Crippen LogP contribution in [0.25, 0.3) is 0 Å². The average molecular weight is 277 g/mol. The second-order valence-electron chi connectivity index (χ2n) is 4.58. The molecular weight excluding hydrogens is 258 g/mol. The van der Waals surface area contributed by atoms with E-state index in [1.165, 1.54) is 15.3 Å². The molecule has 4 nitrogen and oxygen atoms in total. The molecule has 0 amide bonds. The Morgan fingerprint density at radius 3 is 2.53 bits per heavy atom. The van der Waals surface area contributed by atoms with Crippen LogP contribution in [0.1, 0.15) is 34.1 Å². The number of rotatable bonds is 4. The van der Waals surface area contributed by atoms with Gasteiger partial charge in [0.2, 0.25) is 5.88 Å². The molecule has 0 saturated carbocycles. The van der Waals surface area contributed by atoms with E-state index in [4.69, 9.17) is 4.74 Å². The van der Waals surface area contributed by atoms with Gasteiger partial charge in [0.1, 0.15) is 11.6 Å². The molecule has 1 unspecified atom stereocenters. The van der Waals surface area contributed by atoms with Crippen LogP contribution in [0.4, 0.5) is 5.82 Å². The number of ether oxygens (including phenoxy) is 1. The number of methoxy groups -OCH3 is 1. The Hall–Kier alpha value is -1.62. The van der Waals surface area contributed by atoms with Crippen LogP contribution in [-0.2, 0) is 0 Å². The Bertz CT molecular complexity index is 580. The Morgan fingerprint density at radius 1 is 1.21 bits per heavy atom. The van der Waals surface area contributed by atoms with E-state index < -0.39 is 0 Å². The molecule has 102 valence electrons. The smallest absolute Gasteiger partial charge is 0.218 e. The van der Waals surface area contributed by atoms with Crippen LogP contribution in [0.2, 0.25) is 0 Å². The molecule has 1 atom stereocenters. The van der Waals surface area contributed by atoms with Gasteiger partial charge in [-0.25, -0.2) is 4.98 Å². The average Bonchev–Trinajstić information content (AvgIpc) is 2.67. The van der Waals surface area contributed by atoms with Gasteiger partial charge in [0.15, 0.2) is 0 Å². The molecule has 2 rings (SSSR count). The van der Waals surface area contributed by atoms with Gasteiger partial charge < -0.3 is 10.1 Å². The Morgan fingerprint density at radius 2 is 1.95 bits per heavy atom. The van der Waals surface area contributed by atoms with Crippen LogP contribution in [0, 0.1) is 20.8 Å². The summed E-state index contributed by atoms with van der Waals surface area (Å²) >= 11 is 1.82. The fourth-order valence-corrected chi connectivity index (χ4v) is 3.12. The van der Waals surface area contributed by atoms with Crippen LogP contribution in [-0.4, -0.2) is 17.1 Å². The molecule has 0 spiro atoms. The lowest BCUT2D eigenvalue weighted by Gasteiger charge is -2.15. The lowest BCUT2D eigenvalue weighted by Crippen LogP contribution is -2.09. The highest BCUT2D eigenvalue weighted by molar-refractivity contribution is 7.12. The third-order valence-electron chi connectivity index (χ3n) is 2.93. The molecule has 5 heteroatoms. The largest absolute Gasteiger partial charge is 0.481 e. The quantitative estimate of drug-likeness (QED) is 0.926. The monoisotopic (exact) mass is 277 g/mol. The van der Waals surface area contributed by atoms with Gasteiger partial charge in [0.05, 0.1) is 13.2 Å². The van der Waals surface area contributed by atoms with E-state index in [1.54, 1.807) is 7.11 Å². The van der Waals surface area contributed by atoms with E-state index in [-0.39, 0.29) is 6.04 Å². The first-order chi connectivity index (χ1) is 8.99. The molecular formula is C14H19N3OS. The van der Waals surface area contributed by atoms with Gasteiger partial charge in [-0.05, 0) is 39.3 Å². The van der Waals surface area contributed by atoms with Crippen molar-refractivity contribution in [1.29, 1.82) is 0 Å². The summed E-state index contributed by atoms with van der Waals surface area (Å²) in [5.41, 5.74) is 1.32. The summed E-state index contributed by atoms with van der Waals surface area (Å²) in [6, 6.07) is 4.25. The molecule has 0 aromatic carbocycles. The van der Waals surface area contributed by atoms with E-state index >= 15 is 0 Å². The van der Waals surface area contributed by atoms with Gasteiger partial charge in [-0.15, -0.1) is 11.3 Å². The first-order valence-corrected chi connectivity index (χ1v) is 7.04. The lowest BCUT2D eigenvalue weighted by molar-refractivity contribution is 0.396. The SMILES string of the molecule is COc1cc(NC(C)c2cc(C)sc2C)nc(C)n1. The van der Waals surface area contributed by atoms with Crippen LogP contribution >= 0.6 is 11.3 Å². The maximum Gasteiger partial charge on any atom is 0.218 e. The molecule has 2 aromatic rings. The number of nitrogens with one attached hydrogen (secondary N) is 1. The fourth-order valence-electron chi connectivity index (χ4n) is 2.10. The second-order valence-corrected chi connectivity index (χ2v) is 6.04. The fraction of sp³-hybridized carbons (Fsp3) is 0.429. The molecule has 2 aromatic heterocycles. The zero-order valence-corrected chi connectivity index (χ0v) is 12.8. The Kier molecular flexibility index (Phi) is 4.04. The van der Waals surface area contributed by atoms with Crippen molar-refractivity contribution in [3.8, 4) is 5.88 Å². The molecule has 0 aliphatic carbocycles. The Balaban J connectivity index is 2.21. The second kappa shape index (κ2) is 5.57. The zero-order chi connectivity index (χ0) is 14.0. The number of hydrogen-bond donors (Lipinski definition) is 1. The van der Waals surface area contributed by atoms with Crippen molar-refractivity contribution in [2.45, 2.75) is 33.7 Å². The normalized spacial score (nSPS) is 12.3. The Labute approximate surface area is 117 Å². The third kappa shape index (κ3) is 3.23. The van der Waals surface area contributed by atoms with Gasteiger partial charge in [0.25, 0.3) is 0 Å². The predicted octanol–water partition coefficient (Wildman–Crippen LogP) is 3.65. The first-order valence-electron chi connectivity index (χ1n) is 6.22. The van der Waals surface area contributed by atoms with Crippen molar-refractivity contribution in [2.75, 3.05) is 12.4 Å². The van der Waals surface area contributed by atoms with Crippen molar-refractivity contribution in [1.82, 2.24) is 9.97 Å². The maximum atomic E-state index is 5.16. The minimum absolute atomic E-state index is 0.212. The summed E-state index contributed by atoms with van der Waals surface area (Å²) < 4.78 is 5.16. The van der Waals surface area contributed by atoms with Crippen molar-refractivity contribution in [3.05, 3.63) is 33.3 Å². The number of hydrogen-bond acceptors (Lipinski definition) is 5. The molecule has 0 radical (unpaired) electrons. The summed E-state index contributed by atoms with van der Waals surface area (Å²) in [5.74, 6) is 2.08. The van der Waals surface area contributed by atoms with Gasteiger partial charge >= 0.3 is 0 Å². The minimum Gasteiger partial charge on any atom is -0.481 e. The topological polar surface area (TPSA) is 47.0 Å². The number of aryl methyl sites for hydroxylation is 3. The van der Waals surface area contributed by atoms with E-state index in [0.29, 0.717) is 11.7 Å². The molecule has 0 fully saturated rings. The number of nitrogens with zero attached hydrogens (tertiary/aromatic N) is 2. The van der Waals surface area contributed by atoms with Crippen LogP contribution in [0.5, 0.6) is 5.88 Å². The highest BCUT2D eigenvalue weighted by Gasteiger charge is 2.12. The molecule has 0 bridgehead atoms. The molecule has 19 heavy (non-hydrogen) atoms. The summed E-state index contributed by atoms with van der Waals surface area (Å²) in [7, 11) is 1.61. The zero-order valence-electron chi connectivity index (χ0n) is 11.9. The van der Waals surface area contributed by atoms with Crippen LogP contribution in [0.3, 0.4) is 0 Å². The molecule has 0 aliphatic rings. The molecule has 2 heterocycles. The summed E-state index contributed by atoms with van der Waals surface area (Å²) in [5, 5.41) is 3.40. The van der Waals surface area contributed by atoms with E-state index in [9.17, 15) is 0 Å². The molecule has 1 N–H and O–H groups in total. The van der Waals surface area contributed by atoms with E-state index in [1.807, 2.05) is 24.3 Å². The number of thiophene rings is 1. The van der Waals surface area contributed by atoms with Crippen molar-refractivity contribution >= 4 is 17.2 Å². The molecule has 0 saturated heterocycles. The van der Waals surface area contributed by atoms with Gasteiger partial charge in [-0.3, -0.25) is 0 Å². The van der Waals surface area contributed by atoms with Crippen LogP contribution < -0.4 is 10.1 Å². The minimum atomic E-state index is 0.212. The standard InChI is InChI=1S/C14H19N3OS/c1-8-6-12(10(3)19-8)9(2)15-13-7-14(18-5)17-11(4)16-13/h6-7,9H,1-5H3,(H,15,16,17). The van der Waals surface area contributed by atoms with E-state index in [2.05, 4.69) is 42.1 Å². The third-order valence-corrected chi connectivity index (χ3v) is 3.92. The maximum absolute atomic E-state index is 5.16. The summed E-state index contributed by atoms with van der Waals surface area (Å²) in [6.07, 6.45) is 0. The predicted molar refractivity (Wildman–Crippen MR) is 79.2 cm³/mol. The van der Waals surface area contributed by atoms with Crippen LogP contribution in [0.15, 0.2) is 12.1 Å². The highest BCUT2D eigenvalue weighted by Crippen LogP contribution is 2.28. The first kappa shape index (κ1) is 13.8. The van der Waals surface area contributed by atoms with Crippen molar-refractivity contribution in [2.24, 2.45) is 0 Å². The van der Waals surface area contributed by atoms with Gasteiger partial charge in [-0.1, -0.05) is 0 Å². The van der Waals surface area contributed by atoms with Gasteiger partial charge in [0, 0.05) is 15.8 Å². The summed E-state index contributed by atoms with van der Waals surface area (Å²) in [6.45, 7) is 8.28.